The van der Waals surface area contributed by atoms with Crippen LogP contribution >= 0.6 is 0 Å². The van der Waals surface area contributed by atoms with Gasteiger partial charge in [-0.2, -0.15) is 5.26 Å². The largest absolute Gasteiger partial charge is 0.490 e. The summed E-state index contributed by atoms with van der Waals surface area (Å²) in [5.74, 6) is -1.06. The number of amides is 1. The highest BCUT2D eigenvalue weighted by molar-refractivity contribution is 6.10. The number of hydrogen-bond acceptors (Lipinski definition) is 5. The second-order valence-corrected chi connectivity index (χ2v) is 6.51. The first-order chi connectivity index (χ1) is 15.0. The van der Waals surface area contributed by atoms with Crippen LogP contribution in [0.3, 0.4) is 0 Å². The lowest BCUT2D eigenvalue weighted by atomic mass is 10.1. The van der Waals surface area contributed by atoms with Crippen molar-refractivity contribution in [3.8, 4) is 17.6 Å². The van der Waals surface area contributed by atoms with Crippen LogP contribution in [0.25, 0.3) is 16.8 Å². The zero-order valence-electron chi connectivity index (χ0n) is 16.8. The van der Waals surface area contributed by atoms with Gasteiger partial charge in [0.05, 0.1) is 6.61 Å². The number of carbonyl (C=O) groups is 2. The molecule has 31 heavy (non-hydrogen) atoms. The Kier molecular flexibility index (Phi) is 6.86. The number of rotatable bonds is 8. The monoisotopic (exact) mass is 416 g/mol. The molecule has 3 aromatic rings. The zero-order valence-corrected chi connectivity index (χ0v) is 16.8. The van der Waals surface area contributed by atoms with E-state index in [1.807, 2.05) is 42.5 Å². The molecular formula is C24H20N2O5. The lowest BCUT2D eigenvalue weighted by Gasteiger charge is -2.11. The molecule has 2 N–H and O–H groups in total. The van der Waals surface area contributed by atoms with Crippen molar-refractivity contribution in [1.29, 1.82) is 5.26 Å². The average Bonchev–Trinajstić information content (AvgIpc) is 2.76. The average molecular weight is 416 g/mol. The normalized spacial score (nSPS) is 10.9. The van der Waals surface area contributed by atoms with Crippen LogP contribution < -0.4 is 14.8 Å². The first-order valence-electron chi connectivity index (χ1n) is 9.53. The van der Waals surface area contributed by atoms with E-state index in [0.29, 0.717) is 23.6 Å². The molecule has 7 nitrogen and oxygen atoms in total. The third kappa shape index (κ3) is 5.61. The number of benzene rings is 3. The fourth-order valence-corrected chi connectivity index (χ4v) is 2.92. The van der Waals surface area contributed by atoms with Gasteiger partial charge in [-0.1, -0.05) is 36.4 Å². The van der Waals surface area contributed by atoms with E-state index in [0.717, 1.165) is 10.8 Å². The minimum absolute atomic E-state index is 0.0881. The van der Waals surface area contributed by atoms with Gasteiger partial charge in [0.2, 0.25) is 0 Å². The van der Waals surface area contributed by atoms with Crippen LogP contribution in [-0.4, -0.2) is 30.2 Å². The van der Waals surface area contributed by atoms with E-state index >= 15 is 0 Å². The van der Waals surface area contributed by atoms with Crippen LogP contribution in [0, 0.1) is 11.3 Å². The number of nitriles is 1. The van der Waals surface area contributed by atoms with E-state index in [-0.39, 0.29) is 11.3 Å². The van der Waals surface area contributed by atoms with Crippen molar-refractivity contribution >= 4 is 34.4 Å². The molecule has 0 aliphatic rings. The number of hydrogen-bond donors (Lipinski definition) is 2. The Hall–Kier alpha value is -4.31. The standard InChI is InChI=1S/C24H20N2O5/c1-2-30-22-12-16(7-10-21(22)31-15-23(27)28)11-19(14-25)24(29)26-20-9-8-17-5-3-4-6-18(17)13-20/h3-13H,2,15H2,1H3,(H,26,29)(H,27,28). The SMILES string of the molecule is CCOc1cc(C=C(C#N)C(=O)Nc2ccc3ccccc3c2)ccc1OCC(=O)O. The molecule has 0 aliphatic carbocycles. The molecule has 0 atom stereocenters. The molecule has 0 aromatic heterocycles. The minimum Gasteiger partial charge on any atom is -0.490 e. The first kappa shape index (κ1) is 21.4. The third-order valence-corrected chi connectivity index (χ3v) is 4.30. The molecule has 0 saturated carbocycles. The Labute approximate surface area is 179 Å². The van der Waals surface area contributed by atoms with Gasteiger partial charge < -0.3 is 19.9 Å². The van der Waals surface area contributed by atoms with Gasteiger partial charge in [0.1, 0.15) is 11.6 Å². The van der Waals surface area contributed by atoms with Crippen molar-refractivity contribution in [2.45, 2.75) is 6.92 Å². The maximum Gasteiger partial charge on any atom is 0.341 e. The van der Waals surface area contributed by atoms with Gasteiger partial charge in [-0.05, 0) is 53.6 Å². The number of carboxylic acids is 1. The molecule has 0 heterocycles. The van der Waals surface area contributed by atoms with Crippen LogP contribution in [0.15, 0.2) is 66.2 Å². The van der Waals surface area contributed by atoms with Crippen LogP contribution in [0.4, 0.5) is 5.69 Å². The molecular weight excluding hydrogens is 396 g/mol. The van der Waals surface area contributed by atoms with Crippen molar-refractivity contribution in [3.63, 3.8) is 0 Å². The molecule has 3 rings (SSSR count). The van der Waals surface area contributed by atoms with E-state index in [9.17, 15) is 14.9 Å². The van der Waals surface area contributed by atoms with Crippen LogP contribution in [0.1, 0.15) is 12.5 Å². The summed E-state index contributed by atoms with van der Waals surface area (Å²) in [5, 5.41) is 23.0. The number of anilines is 1. The first-order valence-corrected chi connectivity index (χ1v) is 9.53. The second kappa shape index (κ2) is 9.94. The Balaban J connectivity index is 1.82. The molecule has 3 aromatic carbocycles. The van der Waals surface area contributed by atoms with Gasteiger partial charge in [-0.25, -0.2) is 4.79 Å². The van der Waals surface area contributed by atoms with E-state index in [1.54, 1.807) is 25.1 Å². The van der Waals surface area contributed by atoms with Gasteiger partial charge in [-0.3, -0.25) is 4.79 Å². The van der Waals surface area contributed by atoms with Crippen LogP contribution in [0.2, 0.25) is 0 Å². The highest BCUT2D eigenvalue weighted by Gasteiger charge is 2.12. The van der Waals surface area contributed by atoms with Gasteiger partial charge >= 0.3 is 5.97 Å². The number of fused-ring (bicyclic) bond motifs is 1. The number of nitrogens with one attached hydrogen (secondary N) is 1. The summed E-state index contributed by atoms with van der Waals surface area (Å²) in [6.07, 6.45) is 1.43. The smallest absolute Gasteiger partial charge is 0.341 e. The number of ether oxygens (including phenoxy) is 2. The van der Waals surface area contributed by atoms with Gasteiger partial charge in [0.25, 0.3) is 5.91 Å². The predicted molar refractivity (Wildman–Crippen MR) is 117 cm³/mol. The lowest BCUT2D eigenvalue weighted by Crippen LogP contribution is -2.13. The maximum atomic E-state index is 12.6. The Morgan fingerprint density at radius 3 is 2.52 bits per heavy atom. The predicted octanol–water partition coefficient (Wildman–Crippen LogP) is 4.25. The summed E-state index contributed by atoms with van der Waals surface area (Å²) in [6.45, 7) is 1.61. The van der Waals surface area contributed by atoms with Crippen molar-refractivity contribution in [2.24, 2.45) is 0 Å². The Morgan fingerprint density at radius 2 is 1.81 bits per heavy atom. The fraction of sp³-hybridized carbons (Fsp3) is 0.125. The molecule has 0 spiro atoms. The molecule has 0 bridgehead atoms. The van der Waals surface area contributed by atoms with E-state index in [1.165, 1.54) is 12.1 Å². The summed E-state index contributed by atoms with van der Waals surface area (Å²) >= 11 is 0. The van der Waals surface area contributed by atoms with Crippen molar-refractivity contribution < 1.29 is 24.2 Å². The molecule has 156 valence electrons. The summed E-state index contributed by atoms with van der Waals surface area (Å²) in [4.78, 5) is 23.4. The molecule has 1 amide bonds. The number of nitrogens with zero attached hydrogens (tertiary/aromatic N) is 1. The van der Waals surface area contributed by atoms with Crippen molar-refractivity contribution in [3.05, 3.63) is 71.8 Å². The van der Waals surface area contributed by atoms with E-state index in [4.69, 9.17) is 14.6 Å². The summed E-state index contributed by atoms with van der Waals surface area (Å²) in [5.41, 5.74) is 1.03. The van der Waals surface area contributed by atoms with Gasteiger partial charge in [0.15, 0.2) is 18.1 Å². The summed E-state index contributed by atoms with van der Waals surface area (Å²) < 4.78 is 10.7. The maximum absolute atomic E-state index is 12.6. The molecule has 0 unspecified atom stereocenters. The third-order valence-electron chi connectivity index (χ3n) is 4.30. The van der Waals surface area contributed by atoms with Gasteiger partial charge in [0, 0.05) is 5.69 Å². The summed E-state index contributed by atoms with van der Waals surface area (Å²) in [7, 11) is 0. The van der Waals surface area contributed by atoms with Crippen molar-refractivity contribution in [1.82, 2.24) is 0 Å². The quantitative estimate of drug-likeness (QED) is 0.420. The highest BCUT2D eigenvalue weighted by atomic mass is 16.5. The number of carboxylic acid groups (broad SMARTS) is 1. The highest BCUT2D eigenvalue weighted by Crippen LogP contribution is 2.29. The number of aliphatic carboxylic acids is 1. The number of carbonyl (C=O) groups excluding carboxylic acids is 1. The van der Waals surface area contributed by atoms with E-state index < -0.39 is 18.5 Å². The van der Waals surface area contributed by atoms with Gasteiger partial charge in [-0.15, -0.1) is 0 Å². The molecule has 0 saturated heterocycles. The zero-order chi connectivity index (χ0) is 22.2. The molecule has 0 radical (unpaired) electrons. The van der Waals surface area contributed by atoms with Crippen molar-refractivity contribution in [2.75, 3.05) is 18.5 Å². The molecule has 0 fully saturated rings. The molecule has 0 aliphatic heterocycles. The summed E-state index contributed by atoms with van der Waals surface area (Å²) in [6, 6.07) is 19.9. The lowest BCUT2D eigenvalue weighted by molar-refractivity contribution is -0.139. The minimum atomic E-state index is -1.11. The Morgan fingerprint density at radius 1 is 1.03 bits per heavy atom. The van der Waals surface area contributed by atoms with Crippen LogP contribution in [0.5, 0.6) is 11.5 Å². The fourth-order valence-electron chi connectivity index (χ4n) is 2.92. The Bertz CT molecular complexity index is 1190. The topological polar surface area (TPSA) is 109 Å². The second-order valence-electron chi connectivity index (χ2n) is 6.51. The molecule has 7 heteroatoms. The van der Waals surface area contributed by atoms with Crippen LogP contribution in [-0.2, 0) is 9.59 Å². The van der Waals surface area contributed by atoms with E-state index in [2.05, 4.69) is 5.32 Å².